The first-order valence-corrected chi connectivity index (χ1v) is 6.97. The molecular formula is C13H24N6O. The first kappa shape index (κ1) is 16.0. The Morgan fingerprint density at radius 3 is 2.35 bits per heavy atom. The molecule has 7 nitrogen and oxygen atoms in total. The maximum atomic E-state index is 10.6. The number of aromatic nitrogens is 2. The summed E-state index contributed by atoms with van der Waals surface area (Å²) in [7, 11) is 0. The van der Waals surface area contributed by atoms with Gasteiger partial charge in [0.2, 0.25) is 0 Å². The quantitative estimate of drug-likeness (QED) is 0.536. The third kappa shape index (κ3) is 4.91. The normalized spacial score (nSPS) is 10.2. The molecule has 112 valence electrons. The Balaban J connectivity index is 2.78. The minimum absolute atomic E-state index is 0.457. The molecule has 0 radical (unpaired) electrons. The Bertz CT molecular complexity index is 449. The van der Waals surface area contributed by atoms with Crippen LogP contribution in [0.5, 0.6) is 0 Å². The van der Waals surface area contributed by atoms with Crippen molar-refractivity contribution < 1.29 is 4.79 Å². The van der Waals surface area contributed by atoms with Crippen LogP contribution in [0, 0.1) is 6.92 Å². The van der Waals surface area contributed by atoms with Crippen LogP contribution in [0.4, 0.5) is 16.4 Å². The maximum absolute atomic E-state index is 10.6. The molecule has 20 heavy (non-hydrogen) atoms. The van der Waals surface area contributed by atoms with Crippen LogP contribution in [0.2, 0.25) is 0 Å². The molecule has 0 aliphatic heterocycles. The van der Waals surface area contributed by atoms with Gasteiger partial charge in [-0.3, -0.25) is 0 Å². The number of nitrogens with one attached hydrogen (secondary N) is 3. The fourth-order valence-corrected chi connectivity index (χ4v) is 1.78. The lowest BCUT2D eigenvalue weighted by atomic mass is 10.2. The van der Waals surface area contributed by atoms with Gasteiger partial charge in [0.1, 0.15) is 17.5 Å². The predicted octanol–water partition coefficient (Wildman–Crippen LogP) is 1.25. The van der Waals surface area contributed by atoms with Gasteiger partial charge in [0.15, 0.2) is 0 Å². The summed E-state index contributed by atoms with van der Waals surface area (Å²) in [6.07, 6.45) is 1.84. The second-order valence-electron chi connectivity index (χ2n) is 4.46. The summed E-state index contributed by atoms with van der Waals surface area (Å²) in [5.74, 6) is 2.47. The Kier molecular flexibility index (Phi) is 6.55. The van der Waals surface area contributed by atoms with Gasteiger partial charge < -0.3 is 21.7 Å². The lowest BCUT2D eigenvalue weighted by Crippen LogP contribution is -2.33. The van der Waals surface area contributed by atoms with Crippen molar-refractivity contribution in [3.8, 4) is 0 Å². The van der Waals surface area contributed by atoms with E-state index in [1.54, 1.807) is 0 Å². The molecule has 7 heteroatoms. The van der Waals surface area contributed by atoms with Gasteiger partial charge in [-0.15, -0.1) is 0 Å². The standard InChI is InChI=1S/C13H24N6O/c1-4-6-10-18-11(15-5-2)9(3)12(19-10)16-7-8-17-13(14)20/h4-8H2,1-3H3,(H3,14,17,20)(H2,15,16,18,19). The Labute approximate surface area is 119 Å². The van der Waals surface area contributed by atoms with Crippen LogP contribution in [-0.4, -0.2) is 35.6 Å². The molecule has 0 atom stereocenters. The second-order valence-corrected chi connectivity index (χ2v) is 4.46. The number of anilines is 2. The molecule has 0 unspecified atom stereocenters. The van der Waals surface area contributed by atoms with Crippen molar-refractivity contribution in [2.45, 2.75) is 33.6 Å². The minimum atomic E-state index is -0.522. The van der Waals surface area contributed by atoms with E-state index < -0.39 is 6.03 Å². The van der Waals surface area contributed by atoms with Crippen molar-refractivity contribution in [1.29, 1.82) is 0 Å². The van der Waals surface area contributed by atoms with Gasteiger partial charge in [0.25, 0.3) is 0 Å². The fourth-order valence-electron chi connectivity index (χ4n) is 1.78. The molecule has 2 amide bonds. The highest BCUT2D eigenvalue weighted by Gasteiger charge is 2.09. The number of nitrogens with zero attached hydrogens (tertiary/aromatic N) is 2. The van der Waals surface area contributed by atoms with E-state index in [0.717, 1.165) is 42.4 Å². The van der Waals surface area contributed by atoms with E-state index in [9.17, 15) is 4.79 Å². The second kappa shape index (κ2) is 8.19. The van der Waals surface area contributed by atoms with Crippen molar-refractivity contribution in [3.05, 3.63) is 11.4 Å². The third-order valence-electron chi connectivity index (χ3n) is 2.73. The smallest absolute Gasteiger partial charge is 0.312 e. The summed E-state index contributed by atoms with van der Waals surface area (Å²) < 4.78 is 0. The van der Waals surface area contributed by atoms with Gasteiger partial charge in [-0.2, -0.15) is 0 Å². The molecule has 1 heterocycles. The molecule has 0 spiro atoms. The van der Waals surface area contributed by atoms with Gasteiger partial charge in [0.05, 0.1) is 0 Å². The number of carbonyl (C=O) groups is 1. The van der Waals surface area contributed by atoms with Crippen LogP contribution < -0.4 is 21.7 Å². The summed E-state index contributed by atoms with van der Waals surface area (Å²) in [5.41, 5.74) is 5.99. The zero-order valence-corrected chi connectivity index (χ0v) is 12.4. The number of hydrogen-bond donors (Lipinski definition) is 4. The van der Waals surface area contributed by atoms with E-state index in [2.05, 4.69) is 32.8 Å². The number of primary amides is 1. The molecule has 0 aliphatic carbocycles. The van der Waals surface area contributed by atoms with Crippen molar-refractivity contribution in [2.75, 3.05) is 30.3 Å². The number of nitrogens with two attached hydrogens (primary N) is 1. The van der Waals surface area contributed by atoms with Gasteiger partial charge in [-0.05, 0) is 20.3 Å². The summed E-state index contributed by atoms with van der Waals surface area (Å²) in [6, 6.07) is -0.522. The Morgan fingerprint density at radius 2 is 1.80 bits per heavy atom. The number of urea groups is 1. The van der Waals surface area contributed by atoms with E-state index in [4.69, 9.17) is 5.73 Å². The molecule has 0 saturated carbocycles. The Morgan fingerprint density at radius 1 is 1.15 bits per heavy atom. The largest absolute Gasteiger partial charge is 0.370 e. The molecule has 0 aromatic carbocycles. The van der Waals surface area contributed by atoms with Crippen LogP contribution in [0.1, 0.15) is 31.7 Å². The topological polar surface area (TPSA) is 105 Å². The monoisotopic (exact) mass is 280 g/mol. The highest BCUT2D eigenvalue weighted by Crippen LogP contribution is 2.20. The molecule has 1 aromatic rings. The lowest BCUT2D eigenvalue weighted by molar-refractivity contribution is 0.249. The zero-order valence-electron chi connectivity index (χ0n) is 12.4. The van der Waals surface area contributed by atoms with Crippen molar-refractivity contribution in [2.24, 2.45) is 5.73 Å². The summed E-state index contributed by atoms with van der Waals surface area (Å²) in [6.45, 7) is 7.94. The van der Waals surface area contributed by atoms with E-state index in [1.165, 1.54) is 0 Å². The number of carbonyl (C=O) groups excluding carboxylic acids is 1. The highest BCUT2D eigenvalue weighted by atomic mass is 16.2. The molecule has 0 fully saturated rings. The Hall–Kier alpha value is -2.05. The van der Waals surface area contributed by atoms with Crippen LogP contribution in [0.15, 0.2) is 0 Å². The number of hydrogen-bond acceptors (Lipinski definition) is 5. The van der Waals surface area contributed by atoms with E-state index in [-0.39, 0.29) is 0 Å². The van der Waals surface area contributed by atoms with Gasteiger partial charge in [-0.1, -0.05) is 6.92 Å². The van der Waals surface area contributed by atoms with Crippen LogP contribution in [0.3, 0.4) is 0 Å². The molecule has 0 saturated heterocycles. The maximum Gasteiger partial charge on any atom is 0.312 e. The van der Waals surface area contributed by atoms with E-state index >= 15 is 0 Å². The van der Waals surface area contributed by atoms with Crippen molar-refractivity contribution in [3.63, 3.8) is 0 Å². The molecule has 1 aromatic heterocycles. The molecule has 5 N–H and O–H groups in total. The number of aryl methyl sites for hydroxylation is 1. The lowest BCUT2D eigenvalue weighted by Gasteiger charge is -2.14. The van der Waals surface area contributed by atoms with E-state index in [1.807, 2.05) is 13.8 Å². The average Bonchev–Trinajstić information content (AvgIpc) is 2.39. The first-order chi connectivity index (χ1) is 9.58. The summed E-state index contributed by atoms with van der Waals surface area (Å²) >= 11 is 0. The predicted molar refractivity (Wildman–Crippen MR) is 81.0 cm³/mol. The molecular weight excluding hydrogens is 256 g/mol. The summed E-state index contributed by atoms with van der Waals surface area (Å²) in [5, 5.41) is 8.98. The van der Waals surface area contributed by atoms with E-state index in [0.29, 0.717) is 13.1 Å². The number of rotatable bonds is 8. The molecule has 0 bridgehead atoms. The SMILES string of the molecule is CCCc1nc(NCC)c(C)c(NCCNC(N)=O)n1. The molecule has 0 aliphatic rings. The van der Waals surface area contributed by atoms with Crippen molar-refractivity contribution >= 4 is 17.7 Å². The van der Waals surface area contributed by atoms with Gasteiger partial charge >= 0.3 is 6.03 Å². The minimum Gasteiger partial charge on any atom is -0.370 e. The molecule has 1 rings (SSSR count). The van der Waals surface area contributed by atoms with Crippen LogP contribution in [0.25, 0.3) is 0 Å². The van der Waals surface area contributed by atoms with Crippen molar-refractivity contribution in [1.82, 2.24) is 15.3 Å². The van der Waals surface area contributed by atoms with Crippen LogP contribution in [-0.2, 0) is 6.42 Å². The zero-order chi connectivity index (χ0) is 15.0. The highest BCUT2D eigenvalue weighted by molar-refractivity contribution is 5.71. The average molecular weight is 280 g/mol. The van der Waals surface area contributed by atoms with Gasteiger partial charge in [-0.25, -0.2) is 14.8 Å². The van der Waals surface area contributed by atoms with Gasteiger partial charge in [0, 0.05) is 31.6 Å². The first-order valence-electron chi connectivity index (χ1n) is 6.97. The number of amides is 2. The fraction of sp³-hybridized carbons (Fsp3) is 0.615. The third-order valence-corrected chi connectivity index (χ3v) is 2.73. The summed E-state index contributed by atoms with van der Waals surface area (Å²) in [4.78, 5) is 19.6. The van der Waals surface area contributed by atoms with Crippen LogP contribution >= 0.6 is 0 Å².